The number of nitrogens with one attached hydrogen (secondary N) is 1. The maximum absolute atomic E-state index is 12.9. The Kier molecular flexibility index (Phi) is 4.80. The van der Waals surface area contributed by atoms with Crippen LogP contribution >= 0.6 is 0 Å². The van der Waals surface area contributed by atoms with Gasteiger partial charge in [-0.25, -0.2) is 9.50 Å². The summed E-state index contributed by atoms with van der Waals surface area (Å²) >= 11 is 0. The predicted molar refractivity (Wildman–Crippen MR) is 114 cm³/mol. The van der Waals surface area contributed by atoms with E-state index in [0.717, 1.165) is 47.7 Å². The number of alkyl halides is 3. The van der Waals surface area contributed by atoms with Crippen LogP contribution in [0, 0.1) is 0 Å². The minimum Gasteiger partial charge on any atom is -0.367 e. The van der Waals surface area contributed by atoms with Gasteiger partial charge in [-0.15, -0.1) is 0 Å². The molecule has 3 heterocycles. The minimum atomic E-state index is -4.50. The van der Waals surface area contributed by atoms with Crippen molar-refractivity contribution in [2.24, 2.45) is 0 Å². The normalized spacial score (nSPS) is 13.8. The van der Waals surface area contributed by atoms with Crippen molar-refractivity contribution in [3.63, 3.8) is 0 Å². The lowest BCUT2D eigenvalue weighted by molar-refractivity contribution is -0.137. The number of anilines is 2. The summed E-state index contributed by atoms with van der Waals surface area (Å²) < 4.78 is 40.7. The summed E-state index contributed by atoms with van der Waals surface area (Å²) in [6, 6.07) is 13.5. The molecule has 0 saturated carbocycles. The first-order chi connectivity index (χ1) is 15.4. The van der Waals surface area contributed by atoms with E-state index in [0.29, 0.717) is 12.2 Å². The molecule has 1 aliphatic rings. The van der Waals surface area contributed by atoms with Crippen LogP contribution in [0.5, 0.6) is 0 Å². The number of fused-ring (bicyclic) bond motifs is 3. The summed E-state index contributed by atoms with van der Waals surface area (Å²) in [5.74, 6) is -0.595. The van der Waals surface area contributed by atoms with Gasteiger partial charge in [0.25, 0.3) is 5.91 Å². The van der Waals surface area contributed by atoms with Gasteiger partial charge >= 0.3 is 6.18 Å². The smallest absolute Gasteiger partial charge is 0.367 e. The van der Waals surface area contributed by atoms with Crippen LogP contribution in [-0.2, 0) is 19.1 Å². The lowest BCUT2D eigenvalue weighted by Gasteiger charge is -2.30. The van der Waals surface area contributed by atoms with Crippen LogP contribution in [-0.4, -0.2) is 27.0 Å². The Morgan fingerprint density at radius 1 is 1.06 bits per heavy atom. The van der Waals surface area contributed by atoms with Crippen molar-refractivity contribution in [1.29, 1.82) is 0 Å². The highest BCUT2D eigenvalue weighted by Crippen LogP contribution is 2.30. The van der Waals surface area contributed by atoms with Crippen molar-refractivity contribution in [2.75, 3.05) is 16.8 Å². The van der Waals surface area contributed by atoms with Crippen LogP contribution in [0.4, 0.5) is 24.5 Å². The van der Waals surface area contributed by atoms with Crippen molar-refractivity contribution in [3.8, 4) is 0 Å². The Morgan fingerprint density at radius 3 is 2.75 bits per heavy atom. The van der Waals surface area contributed by atoms with E-state index < -0.39 is 17.6 Å². The van der Waals surface area contributed by atoms with E-state index in [-0.39, 0.29) is 5.56 Å². The van der Waals surface area contributed by atoms with Crippen molar-refractivity contribution in [3.05, 3.63) is 89.4 Å². The van der Waals surface area contributed by atoms with Crippen LogP contribution in [0.1, 0.15) is 27.2 Å². The Balaban J connectivity index is 1.34. The topological polar surface area (TPSA) is 62.5 Å². The van der Waals surface area contributed by atoms with Crippen molar-refractivity contribution in [2.45, 2.75) is 19.1 Å². The fourth-order valence-corrected chi connectivity index (χ4v) is 3.92. The third-order valence-corrected chi connectivity index (χ3v) is 5.50. The number of hydrogen-bond donors (Lipinski definition) is 1. The summed E-state index contributed by atoms with van der Waals surface area (Å²) in [7, 11) is 0. The van der Waals surface area contributed by atoms with Crippen LogP contribution in [0.25, 0.3) is 5.65 Å². The van der Waals surface area contributed by atoms with Gasteiger partial charge in [-0.2, -0.15) is 18.3 Å². The quantitative estimate of drug-likeness (QED) is 0.510. The second kappa shape index (κ2) is 7.67. The third kappa shape index (κ3) is 3.77. The molecule has 0 radical (unpaired) electrons. The summed E-state index contributed by atoms with van der Waals surface area (Å²) in [6.07, 6.45) is -0.127. The van der Waals surface area contributed by atoms with E-state index in [1.165, 1.54) is 12.1 Å². The van der Waals surface area contributed by atoms with E-state index in [2.05, 4.69) is 20.3 Å². The third-order valence-electron chi connectivity index (χ3n) is 5.50. The molecule has 4 aromatic rings. The summed E-state index contributed by atoms with van der Waals surface area (Å²) in [6.45, 7) is 1.40. The molecule has 32 heavy (non-hydrogen) atoms. The maximum atomic E-state index is 12.9. The first kappa shape index (κ1) is 20.0. The van der Waals surface area contributed by atoms with Gasteiger partial charge in [-0.3, -0.25) is 4.79 Å². The maximum Gasteiger partial charge on any atom is 0.416 e. The van der Waals surface area contributed by atoms with E-state index in [4.69, 9.17) is 0 Å². The van der Waals surface area contributed by atoms with E-state index in [9.17, 15) is 18.0 Å². The van der Waals surface area contributed by atoms with Gasteiger partial charge in [0.2, 0.25) is 0 Å². The fraction of sp³-hybridized carbons (Fsp3) is 0.174. The van der Waals surface area contributed by atoms with Crippen LogP contribution in [0.2, 0.25) is 0 Å². The van der Waals surface area contributed by atoms with Gasteiger partial charge in [-0.1, -0.05) is 12.1 Å². The number of amides is 1. The highest BCUT2D eigenvalue weighted by Gasteiger charge is 2.31. The number of rotatable bonds is 3. The summed E-state index contributed by atoms with van der Waals surface area (Å²) in [5.41, 5.74) is 3.53. The number of halogens is 3. The molecule has 1 amide bonds. The summed E-state index contributed by atoms with van der Waals surface area (Å²) in [5, 5.41) is 7.04. The van der Waals surface area contributed by atoms with Gasteiger partial charge in [0.15, 0.2) is 5.65 Å². The van der Waals surface area contributed by atoms with E-state index in [1.54, 1.807) is 12.3 Å². The molecule has 0 unspecified atom stereocenters. The molecular weight excluding hydrogens is 419 g/mol. The van der Waals surface area contributed by atoms with E-state index in [1.807, 2.05) is 35.0 Å². The van der Waals surface area contributed by atoms with Gasteiger partial charge in [-0.05, 0) is 36.4 Å². The zero-order valence-corrected chi connectivity index (χ0v) is 16.8. The van der Waals surface area contributed by atoms with Gasteiger partial charge in [0, 0.05) is 54.3 Å². The minimum absolute atomic E-state index is 0.0496. The number of aromatic nitrogens is 3. The molecule has 0 bridgehead atoms. The Morgan fingerprint density at radius 2 is 1.91 bits per heavy atom. The molecule has 6 nitrogen and oxygen atoms in total. The highest BCUT2D eigenvalue weighted by molar-refractivity contribution is 6.04. The molecule has 2 aromatic carbocycles. The first-order valence-corrected chi connectivity index (χ1v) is 10.0. The average molecular weight is 437 g/mol. The molecule has 0 saturated heterocycles. The van der Waals surface area contributed by atoms with Gasteiger partial charge in [0.05, 0.1) is 17.5 Å². The number of nitrogens with zero attached hydrogens (tertiary/aromatic N) is 4. The predicted octanol–water partition coefficient (Wildman–Crippen LogP) is 4.56. The summed E-state index contributed by atoms with van der Waals surface area (Å²) in [4.78, 5) is 19.1. The molecule has 162 valence electrons. The largest absolute Gasteiger partial charge is 0.416 e. The van der Waals surface area contributed by atoms with Gasteiger partial charge < -0.3 is 10.2 Å². The SMILES string of the molecule is O=C(Nc1cccc(N2CCc3c(cnc4ccnn34)C2)c1)c1cccc(C(F)(F)F)c1. The molecule has 2 aromatic heterocycles. The fourth-order valence-electron chi connectivity index (χ4n) is 3.92. The zero-order valence-electron chi connectivity index (χ0n) is 16.8. The Hall–Kier alpha value is -3.88. The molecule has 5 rings (SSSR count). The molecule has 0 aliphatic carbocycles. The number of carbonyl (C=O) groups is 1. The van der Waals surface area contributed by atoms with Crippen LogP contribution in [0.15, 0.2) is 67.0 Å². The monoisotopic (exact) mass is 437 g/mol. The van der Waals surface area contributed by atoms with Gasteiger partial charge in [0.1, 0.15) is 0 Å². The second-order valence-corrected chi connectivity index (χ2v) is 7.59. The second-order valence-electron chi connectivity index (χ2n) is 7.59. The first-order valence-electron chi connectivity index (χ1n) is 10.0. The lowest BCUT2D eigenvalue weighted by Crippen LogP contribution is -2.32. The molecule has 1 aliphatic heterocycles. The standard InChI is InChI=1S/C23H18F3N5O/c24-23(25,26)17-4-1-3-15(11-17)22(32)29-18-5-2-6-19(12-18)30-10-8-20-16(14-30)13-27-21-7-9-28-31(20)21/h1-7,9,11-13H,8,10,14H2,(H,29,32). The Bertz CT molecular complexity index is 1310. The van der Waals surface area contributed by atoms with Crippen molar-refractivity contribution >= 4 is 22.9 Å². The van der Waals surface area contributed by atoms with Crippen molar-refractivity contribution < 1.29 is 18.0 Å². The Labute approximate surface area is 181 Å². The number of carbonyl (C=O) groups excluding carboxylic acids is 1. The molecule has 9 heteroatoms. The highest BCUT2D eigenvalue weighted by atomic mass is 19.4. The molecule has 1 N–H and O–H groups in total. The lowest BCUT2D eigenvalue weighted by atomic mass is 10.1. The average Bonchev–Trinajstić information content (AvgIpc) is 3.28. The molecule has 0 fully saturated rings. The van der Waals surface area contributed by atoms with E-state index >= 15 is 0 Å². The molecule has 0 spiro atoms. The number of benzene rings is 2. The van der Waals surface area contributed by atoms with Crippen LogP contribution < -0.4 is 10.2 Å². The number of hydrogen-bond acceptors (Lipinski definition) is 4. The zero-order chi connectivity index (χ0) is 22.3. The molecular formula is C23H18F3N5O. The van der Waals surface area contributed by atoms with Crippen LogP contribution in [0.3, 0.4) is 0 Å². The molecule has 0 atom stereocenters. The van der Waals surface area contributed by atoms with Crippen molar-refractivity contribution in [1.82, 2.24) is 14.6 Å².